The Morgan fingerprint density at radius 3 is 2.76 bits per heavy atom. The maximum Gasteiger partial charge on any atom is 0.236 e. The van der Waals surface area contributed by atoms with Crippen LogP contribution in [0.4, 0.5) is 5.69 Å². The molecule has 0 atom stereocenters. The Morgan fingerprint density at radius 2 is 1.96 bits per heavy atom. The molecule has 25 heavy (non-hydrogen) atoms. The molecule has 128 valence electrons. The summed E-state index contributed by atoms with van der Waals surface area (Å²) in [6.45, 7) is 6.11. The van der Waals surface area contributed by atoms with Crippen LogP contribution >= 0.6 is 0 Å². The van der Waals surface area contributed by atoms with Crippen LogP contribution in [-0.2, 0) is 23.1 Å². The lowest BCUT2D eigenvalue weighted by atomic mass is 9.85. The van der Waals surface area contributed by atoms with Gasteiger partial charge in [-0.05, 0) is 63.3 Å². The number of benzene rings is 1. The molecule has 0 bridgehead atoms. The Bertz CT molecular complexity index is 1050. The second kappa shape index (κ2) is 4.54. The number of rotatable bonds is 0. The molecule has 1 amide bonds. The van der Waals surface area contributed by atoms with Crippen LogP contribution in [0.3, 0.4) is 0 Å². The maximum absolute atomic E-state index is 12.6. The summed E-state index contributed by atoms with van der Waals surface area (Å²) in [4.78, 5) is 18.0. The summed E-state index contributed by atoms with van der Waals surface area (Å²) >= 11 is 0. The number of anilines is 1. The standard InChI is InChI=1S/C20H22N4O/c1-10-11-6-5-7-12-13-8-16-14(20(2,3)19(25)24(16)4)9-15(13)21-17(12)18(11)23-22-10/h8-9,21H,5-7H2,1-4H3,(H,22,23). The van der Waals surface area contributed by atoms with Crippen molar-refractivity contribution in [1.82, 2.24) is 15.2 Å². The Hall–Kier alpha value is -2.56. The van der Waals surface area contributed by atoms with Gasteiger partial charge in [-0.15, -0.1) is 0 Å². The predicted octanol–water partition coefficient (Wildman–Crippen LogP) is 3.61. The van der Waals surface area contributed by atoms with E-state index in [2.05, 4.69) is 34.2 Å². The minimum atomic E-state index is -0.477. The third kappa shape index (κ3) is 1.73. The highest BCUT2D eigenvalue weighted by Gasteiger charge is 2.42. The average Bonchev–Trinajstić information content (AvgIpc) is 3.12. The molecule has 0 radical (unpaired) electrons. The lowest BCUT2D eigenvalue weighted by Gasteiger charge is -2.16. The van der Waals surface area contributed by atoms with Crippen LogP contribution in [0.25, 0.3) is 22.3 Å². The first-order valence-corrected chi connectivity index (χ1v) is 8.91. The summed E-state index contributed by atoms with van der Waals surface area (Å²) in [6, 6.07) is 4.36. The number of fused-ring (bicyclic) bond motifs is 6. The van der Waals surface area contributed by atoms with Crippen molar-refractivity contribution in [2.45, 2.75) is 45.4 Å². The van der Waals surface area contributed by atoms with Gasteiger partial charge < -0.3 is 9.88 Å². The Kier molecular flexibility index (Phi) is 2.68. The molecule has 3 aromatic rings. The minimum absolute atomic E-state index is 0.159. The molecule has 0 fully saturated rings. The van der Waals surface area contributed by atoms with Gasteiger partial charge >= 0.3 is 0 Å². The van der Waals surface area contributed by atoms with Crippen LogP contribution in [0, 0.1) is 6.92 Å². The molecule has 1 aliphatic carbocycles. The van der Waals surface area contributed by atoms with E-state index < -0.39 is 5.41 Å². The van der Waals surface area contributed by atoms with Crippen molar-refractivity contribution in [2.75, 3.05) is 11.9 Å². The monoisotopic (exact) mass is 334 g/mol. The second-order valence-electron chi connectivity index (χ2n) is 7.91. The zero-order valence-corrected chi connectivity index (χ0v) is 15.1. The fourth-order valence-corrected chi connectivity index (χ4v) is 4.58. The van der Waals surface area contributed by atoms with Crippen molar-refractivity contribution in [2.24, 2.45) is 0 Å². The Labute approximate surface area is 146 Å². The first-order chi connectivity index (χ1) is 11.9. The summed E-state index contributed by atoms with van der Waals surface area (Å²) in [7, 11) is 1.88. The van der Waals surface area contributed by atoms with E-state index in [1.54, 1.807) is 4.90 Å². The number of carbonyl (C=O) groups is 1. The van der Waals surface area contributed by atoms with Crippen LogP contribution in [0.15, 0.2) is 12.1 Å². The summed E-state index contributed by atoms with van der Waals surface area (Å²) < 4.78 is 0. The van der Waals surface area contributed by atoms with E-state index >= 15 is 0 Å². The third-order valence-corrected chi connectivity index (χ3v) is 6.06. The van der Waals surface area contributed by atoms with Gasteiger partial charge in [0.2, 0.25) is 5.91 Å². The largest absolute Gasteiger partial charge is 0.353 e. The smallest absolute Gasteiger partial charge is 0.236 e. The molecule has 0 saturated heterocycles. The molecule has 2 N–H and O–H groups in total. The number of nitrogens with one attached hydrogen (secondary N) is 2. The number of hydrogen-bond acceptors (Lipinski definition) is 2. The van der Waals surface area contributed by atoms with Gasteiger partial charge in [0, 0.05) is 34.9 Å². The molecule has 2 aliphatic rings. The number of H-pyrrole nitrogens is 2. The first-order valence-electron chi connectivity index (χ1n) is 8.91. The molecule has 5 heteroatoms. The normalized spacial score (nSPS) is 18.2. The van der Waals surface area contributed by atoms with Crippen LogP contribution in [0.2, 0.25) is 0 Å². The van der Waals surface area contributed by atoms with Crippen LogP contribution < -0.4 is 4.90 Å². The Morgan fingerprint density at radius 1 is 1.20 bits per heavy atom. The second-order valence-corrected chi connectivity index (χ2v) is 7.91. The quantitative estimate of drug-likeness (QED) is 0.659. The molecule has 0 spiro atoms. The van der Waals surface area contributed by atoms with E-state index in [0.717, 1.165) is 53.1 Å². The molecule has 1 aromatic carbocycles. The molecular weight excluding hydrogens is 312 g/mol. The van der Waals surface area contributed by atoms with Gasteiger partial charge in [0.15, 0.2) is 0 Å². The van der Waals surface area contributed by atoms with E-state index in [1.807, 2.05) is 20.9 Å². The van der Waals surface area contributed by atoms with Gasteiger partial charge in [-0.3, -0.25) is 9.89 Å². The zero-order chi connectivity index (χ0) is 17.5. The number of aryl methyl sites for hydroxylation is 2. The first kappa shape index (κ1) is 14.8. The number of nitrogens with zero attached hydrogens (tertiary/aromatic N) is 2. The van der Waals surface area contributed by atoms with Crippen molar-refractivity contribution in [3.05, 3.63) is 34.5 Å². The topological polar surface area (TPSA) is 64.8 Å². The predicted molar refractivity (Wildman–Crippen MR) is 99.1 cm³/mol. The van der Waals surface area contributed by atoms with E-state index in [9.17, 15) is 4.79 Å². The van der Waals surface area contributed by atoms with Gasteiger partial charge in [0.25, 0.3) is 0 Å². The van der Waals surface area contributed by atoms with Crippen LogP contribution in [0.5, 0.6) is 0 Å². The molecule has 0 unspecified atom stereocenters. The number of carbonyl (C=O) groups excluding carboxylic acids is 1. The van der Waals surface area contributed by atoms with Gasteiger partial charge in [-0.1, -0.05) is 0 Å². The van der Waals surface area contributed by atoms with Crippen molar-refractivity contribution < 1.29 is 4.79 Å². The maximum atomic E-state index is 12.6. The summed E-state index contributed by atoms with van der Waals surface area (Å²) in [5.41, 5.74) is 8.78. The molecule has 5 nitrogen and oxygen atoms in total. The number of hydrogen-bond donors (Lipinski definition) is 2. The number of likely N-dealkylation sites (N-methyl/N-ethyl adjacent to an activating group) is 1. The fraction of sp³-hybridized carbons (Fsp3) is 0.400. The van der Waals surface area contributed by atoms with Gasteiger partial charge in [-0.2, -0.15) is 5.10 Å². The van der Waals surface area contributed by atoms with Crippen molar-refractivity contribution in [3.63, 3.8) is 0 Å². The summed E-state index contributed by atoms with van der Waals surface area (Å²) in [5, 5.41) is 8.93. The van der Waals surface area contributed by atoms with E-state index in [1.165, 1.54) is 16.5 Å². The van der Waals surface area contributed by atoms with Crippen LogP contribution in [0.1, 0.15) is 42.7 Å². The fourth-order valence-electron chi connectivity index (χ4n) is 4.58. The third-order valence-electron chi connectivity index (χ3n) is 6.06. The molecule has 3 heterocycles. The molecule has 2 aromatic heterocycles. The average molecular weight is 334 g/mol. The lowest BCUT2D eigenvalue weighted by molar-refractivity contribution is -0.121. The number of amides is 1. The Balaban J connectivity index is 1.81. The lowest BCUT2D eigenvalue weighted by Crippen LogP contribution is -2.33. The van der Waals surface area contributed by atoms with Crippen molar-refractivity contribution in [3.8, 4) is 11.4 Å². The van der Waals surface area contributed by atoms with Crippen LogP contribution in [-0.4, -0.2) is 28.1 Å². The highest BCUT2D eigenvalue weighted by molar-refractivity contribution is 6.10. The zero-order valence-electron chi connectivity index (χ0n) is 15.1. The summed E-state index contributed by atoms with van der Waals surface area (Å²) in [5.74, 6) is 0.159. The molecule has 0 saturated carbocycles. The van der Waals surface area contributed by atoms with E-state index in [4.69, 9.17) is 0 Å². The highest BCUT2D eigenvalue weighted by Crippen LogP contribution is 2.45. The van der Waals surface area contributed by atoms with Crippen molar-refractivity contribution >= 4 is 22.5 Å². The van der Waals surface area contributed by atoms with Gasteiger partial charge in [0.1, 0.15) is 5.69 Å². The number of aromatic nitrogens is 3. The minimum Gasteiger partial charge on any atom is -0.353 e. The molecular formula is C20H22N4O. The molecule has 5 rings (SSSR count). The van der Waals surface area contributed by atoms with E-state index in [0.29, 0.717) is 0 Å². The van der Waals surface area contributed by atoms with Gasteiger partial charge in [-0.25, -0.2) is 0 Å². The molecule has 1 aliphatic heterocycles. The highest BCUT2D eigenvalue weighted by atomic mass is 16.2. The SMILES string of the molecule is Cc1[nH]nc2c1CCCc1c-2[nH]c2cc3c(cc12)N(C)C(=O)C3(C)C. The van der Waals surface area contributed by atoms with E-state index in [-0.39, 0.29) is 5.91 Å². The number of aromatic amines is 2. The van der Waals surface area contributed by atoms with Gasteiger partial charge in [0.05, 0.1) is 11.1 Å². The summed E-state index contributed by atoms with van der Waals surface area (Å²) in [6.07, 6.45) is 3.20. The van der Waals surface area contributed by atoms with Crippen molar-refractivity contribution in [1.29, 1.82) is 0 Å².